The molecule has 2 unspecified atom stereocenters. The normalized spacial score (nSPS) is 14.4. The third kappa shape index (κ3) is 2.38. The van der Waals surface area contributed by atoms with Crippen molar-refractivity contribution in [2.24, 2.45) is 5.92 Å². The van der Waals surface area contributed by atoms with Crippen LogP contribution in [0.15, 0.2) is 30.6 Å². The first kappa shape index (κ1) is 12.6. The van der Waals surface area contributed by atoms with Crippen molar-refractivity contribution in [1.29, 1.82) is 0 Å². The Labute approximate surface area is 107 Å². The maximum atomic E-state index is 9.17. The smallest absolute Gasteiger partial charge is 0.0476 e. The van der Waals surface area contributed by atoms with E-state index < -0.39 is 0 Å². The van der Waals surface area contributed by atoms with Crippen molar-refractivity contribution >= 4 is 22.1 Å². The molecule has 18 heavy (non-hydrogen) atoms. The summed E-state index contributed by atoms with van der Waals surface area (Å²) in [7, 11) is 0. The van der Waals surface area contributed by atoms with Crippen LogP contribution < -0.4 is 11.1 Å². The number of nitrogens with one attached hydrogen (secondary N) is 1. The maximum absolute atomic E-state index is 9.17. The summed E-state index contributed by atoms with van der Waals surface area (Å²) in [6.07, 6.45) is 3.53. The zero-order valence-electron chi connectivity index (χ0n) is 10.7. The summed E-state index contributed by atoms with van der Waals surface area (Å²) in [5.41, 5.74) is 7.68. The van der Waals surface area contributed by atoms with Gasteiger partial charge in [0, 0.05) is 47.2 Å². The van der Waals surface area contributed by atoms with E-state index in [1.807, 2.05) is 25.1 Å². The molecular formula is C14H19N3O. The number of aromatic nitrogens is 1. The van der Waals surface area contributed by atoms with Crippen LogP contribution in [0.4, 0.5) is 11.4 Å². The van der Waals surface area contributed by atoms with Crippen molar-refractivity contribution in [3.8, 4) is 0 Å². The van der Waals surface area contributed by atoms with Gasteiger partial charge in [0.05, 0.1) is 0 Å². The summed E-state index contributed by atoms with van der Waals surface area (Å²) in [5, 5.41) is 14.6. The Morgan fingerprint density at radius 3 is 2.78 bits per heavy atom. The minimum atomic E-state index is 0.169. The molecule has 0 bridgehead atoms. The number of hydrogen-bond donors (Lipinski definition) is 3. The monoisotopic (exact) mass is 245 g/mol. The molecule has 0 aliphatic heterocycles. The quantitative estimate of drug-likeness (QED) is 0.722. The summed E-state index contributed by atoms with van der Waals surface area (Å²) in [6.45, 7) is 4.24. The van der Waals surface area contributed by atoms with Gasteiger partial charge in [0.1, 0.15) is 0 Å². The molecule has 2 rings (SSSR count). The van der Waals surface area contributed by atoms with Gasteiger partial charge in [0.2, 0.25) is 0 Å². The number of nitrogens with zero attached hydrogens (tertiary/aromatic N) is 1. The van der Waals surface area contributed by atoms with E-state index in [0.717, 1.165) is 22.1 Å². The lowest BCUT2D eigenvalue weighted by Crippen LogP contribution is -2.26. The van der Waals surface area contributed by atoms with Crippen LogP contribution in [0.3, 0.4) is 0 Å². The molecule has 0 aliphatic carbocycles. The second-order valence-electron chi connectivity index (χ2n) is 4.72. The van der Waals surface area contributed by atoms with Gasteiger partial charge in [0.15, 0.2) is 0 Å². The van der Waals surface area contributed by atoms with Gasteiger partial charge in [-0.2, -0.15) is 0 Å². The average molecular weight is 245 g/mol. The fourth-order valence-electron chi connectivity index (χ4n) is 1.88. The van der Waals surface area contributed by atoms with E-state index in [0.29, 0.717) is 0 Å². The Bertz CT molecular complexity index is 542. The predicted octanol–water partition coefficient (Wildman–Crippen LogP) is 2.25. The summed E-state index contributed by atoms with van der Waals surface area (Å²) < 4.78 is 0. The van der Waals surface area contributed by atoms with Crippen molar-refractivity contribution in [3.05, 3.63) is 30.6 Å². The van der Waals surface area contributed by atoms with Crippen molar-refractivity contribution in [1.82, 2.24) is 4.98 Å². The lowest BCUT2D eigenvalue weighted by Gasteiger charge is -2.21. The number of hydrogen-bond acceptors (Lipinski definition) is 4. The number of pyridine rings is 1. The first-order valence-corrected chi connectivity index (χ1v) is 6.13. The maximum Gasteiger partial charge on any atom is 0.0476 e. The molecule has 1 aromatic heterocycles. The first-order valence-electron chi connectivity index (χ1n) is 6.13. The lowest BCUT2D eigenvalue weighted by molar-refractivity contribution is 0.226. The van der Waals surface area contributed by atoms with Crippen molar-refractivity contribution in [3.63, 3.8) is 0 Å². The van der Waals surface area contributed by atoms with E-state index in [1.165, 1.54) is 0 Å². The number of aliphatic hydroxyl groups is 1. The molecule has 4 heteroatoms. The SMILES string of the molecule is CC(CO)C(C)Nc1ccc(N)c2cnccc12. The zero-order valence-corrected chi connectivity index (χ0v) is 10.7. The van der Waals surface area contributed by atoms with Crippen molar-refractivity contribution in [2.45, 2.75) is 19.9 Å². The van der Waals surface area contributed by atoms with Crippen LogP contribution >= 0.6 is 0 Å². The molecule has 0 saturated heterocycles. The molecule has 0 radical (unpaired) electrons. The molecule has 2 aromatic rings. The van der Waals surface area contributed by atoms with E-state index in [9.17, 15) is 5.11 Å². The molecule has 1 aromatic carbocycles. The van der Waals surface area contributed by atoms with Gasteiger partial charge in [-0.15, -0.1) is 0 Å². The molecule has 2 atom stereocenters. The molecule has 96 valence electrons. The van der Waals surface area contributed by atoms with Gasteiger partial charge in [-0.25, -0.2) is 0 Å². The highest BCUT2D eigenvalue weighted by Crippen LogP contribution is 2.28. The number of aliphatic hydroxyl groups excluding tert-OH is 1. The third-order valence-electron chi connectivity index (χ3n) is 3.38. The Morgan fingerprint density at radius 1 is 1.28 bits per heavy atom. The van der Waals surface area contributed by atoms with Crippen LogP contribution in [-0.4, -0.2) is 22.7 Å². The van der Waals surface area contributed by atoms with E-state index in [4.69, 9.17) is 5.73 Å². The van der Waals surface area contributed by atoms with Crippen LogP contribution in [0.25, 0.3) is 10.8 Å². The van der Waals surface area contributed by atoms with Crippen molar-refractivity contribution < 1.29 is 5.11 Å². The topological polar surface area (TPSA) is 71.2 Å². The van der Waals surface area contributed by atoms with E-state index in [1.54, 1.807) is 12.4 Å². The molecular weight excluding hydrogens is 226 g/mol. The number of benzene rings is 1. The van der Waals surface area contributed by atoms with E-state index in [-0.39, 0.29) is 18.6 Å². The Kier molecular flexibility index (Phi) is 3.67. The highest BCUT2D eigenvalue weighted by molar-refractivity contribution is 6.00. The Hall–Kier alpha value is -1.81. The lowest BCUT2D eigenvalue weighted by atomic mass is 10.0. The third-order valence-corrected chi connectivity index (χ3v) is 3.38. The number of nitrogen functional groups attached to an aromatic ring is 1. The summed E-state index contributed by atoms with van der Waals surface area (Å²) in [6, 6.07) is 5.99. The van der Waals surface area contributed by atoms with Gasteiger partial charge in [-0.1, -0.05) is 6.92 Å². The van der Waals surface area contributed by atoms with Crippen LogP contribution in [0.5, 0.6) is 0 Å². The molecule has 0 spiro atoms. The highest BCUT2D eigenvalue weighted by Gasteiger charge is 2.12. The summed E-state index contributed by atoms with van der Waals surface area (Å²) >= 11 is 0. The molecule has 0 saturated carbocycles. The Morgan fingerprint density at radius 2 is 2.06 bits per heavy atom. The predicted molar refractivity (Wildman–Crippen MR) is 75.5 cm³/mol. The molecule has 0 amide bonds. The zero-order chi connectivity index (χ0) is 13.1. The molecule has 0 aliphatic rings. The number of anilines is 2. The first-order chi connectivity index (χ1) is 8.63. The van der Waals surface area contributed by atoms with Gasteiger partial charge < -0.3 is 16.2 Å². The molecule has 4 N–H and O–H groups in total. The fraction of sp³-hybridized carbons (Fsp3) is 0.357. The van der Waals surface area contributed by atoms with Gasteiger partial charge in [-0.3, -0.25) is 4.98 Å². The minimum absolute atomic E-state index is 0.169. The van der Waals surface area contributed by atoms with Crippen LogP contribution in [0.1, 0.15) is 13.8 Å². The van der Waals surface area contributed by atoms with Gasteiger partial charge >= 0.3 is 0 Å². The van der Waals surface area contributed by atoms with Crippen LogP contribution in [-0.2, 0) is 0 Å². The number of nitrogens with two attached hydrogens (primary N) is 1. The molecule has 4 nitrogen and oxygen atoms in total. The van der Waals surface area contributed by atoms with Gasteiger partial charge in [-0.05, 0) is 31.0 Å². The minimum Gasteiger partial charge on any atom is -0.398 e. The summed E-state index contributed by atoms with van der Waals surface area (Å²) in [5.74, 6) is 0.194. The molecule has 1 heterocycles. The number of rotatable bonds is 4. The number of fused-ring (bicyclic) bond motifs is 1. The molecule has 0 fully saturated rings. The van der Waals surface area contributed by atoms with E-state index >= 15 is 0 Å². The highest BCUT2D eigenvalue weighted by atomic mass is 16.3. The van der Waals surface area contributed by atoms with Crippen LogP contribution in [0, 0.1) is 5.92 Å². The average Bonchev–Trinajstić information content (AvgIpc) is 2.41. The van der Waals surface area contributed by atoms with Gasteiger partial charge in [0.25, 0.3) is 0 Å². The Balaban J connectivity index is 2.37. The van der Waals surface area contributed by atoms with E-state index in [2.05, 4.69) is 17.2 Å². The van der Waals surface area contributed by atoms with Crippen LogP contribution in [0.2, 0.25) is 0 Å². The summed E-state index contributed by atoms with van der Waals surface area (Å²) in [4.78, 5) is 4.10. The largest absolute Gasteiger partial charge is 0.398 e. The van der Waals surface area contributed by atoms with Crippen molar-refractivity contribution in [2.75, 3.05) is 17.7 Å². The second-order valence-corrected chi connectivity index (χ2v) is 4.72. The fourth-order valence-corrected chi connectivity index (χ4v) is 1.88. The second kappa shape index (κ2) is 5.23. The standard InChI is InChI=1S/C14H19N3O/c1-9(8-18)10(2)17-14-4-3-13(15)12-7-16-6-5-11(12)14/h3-7,9-10,17-18H,8,15H2,1-2H3.